The third kappa shape index (κ3) is 2.47. The lowest BCUT2D eigenvalue weighted by molar-refractivity contribution is -0.127. The Morgan fingerprint density at radius 3 is 2.64 bits per heavy atom. The molecule has 0 aromatic heterocycles. The Kier molecular flexibility index (Phi) is 2.93. The van der Waals surface area contributed by atoms with Crippen LogP contribution in [0.3, 0.4) is 0 Å². The zero-order valence-corrected chi connectivity index (χ0v) is 8.60. The second-order valence-electron chi connectivity index (χ2n) is 3.38. The van der Waals surface area contributed by atoms with Gasteiger partial charge in [-0.05, 0) is 18.3 Å². The Hall–Kier alpha value is -0.0500. The number of alkyl halides is 1. The summed E-state index contributed by atoms with van der Waals surface area (Å²) in [6, 6.07) is 0. The predicted molar refractivity (Wildman–Crippen MR) is 48.7 cm³/mol. The van der Waals surface area contributed by atoms with Gasteiger partial charge < -0.3 is 4.90 Å². The van der Waals surface area contributed by atoms with Gasteiger partial charge in [0.05, 0.1) is 5.33 Å². The van der Waals surface area contributed by atoms with Gasteiger partial charge in [0.15, 0.2) is 0 Å². The summed E-state index contributed by atoms with van der Waals surface area (Å²) in [4.78, 5) is 12.9. The van der Waals surface area contributed by atoms with E-state index in [1.54, 1.807) is 0 Å². The maximum Gasteiger partial charge on any atom is 0.232 e. The van der Waals surface area contributed by atoms with Crippen LogP contribution in [0.15, 0.2) is 0 Å². The van der Waals surface area contributed by atoms with Gasteiger partial charge in [-0.2, -0.15) is 0 Å². The Morgan fingerprint density at radius 1 is 1.73 bits per heavy atom. The van der Waals surface area contributed by atoms with Crippen molar-refractivity contribution in [3.63, 3.8) is 0 Å². The lowest BCUT2D eigenvalue weighted by Crippen LogP contribution is -2.29. The fourth-order valence-corrected chi connectivity index (χ4v) is 1.64. The molecule has 0 aromatic rings. The molecular formula is C8H14BrNO. The van der Waals surface area contributed by atoms with E-state index in [-0.39, 0.29) is 5.91 Å². The van der Waals surface area contributed by atoms with Gasteiger partial charge in [-0.25, -0.2) is 0 Å². The molecule has 1 aliphatic rings. The van der Waals surface area contributed by atoms with E-state index < -0.39 is 0 Å². The standard InChI is InChI=1S/C8H14BrNO/c1-6-3-7(6)5-10(2)8(11)4-9/h6-7H,3-5H2,1-2H3. The van der Waals surface area contributed by atoms with Crippen molar-refractivity contribution in [2.75, 3.05) is 18.9 Å². The average Bonchev–Trinajstić information content (AvgIpc) is 2.65. The predicted octanol–water partition coefficient (Wildman–Crippen LogP) is 1.50. The number of hydrogen-bond acceptors (Lipinski definition) is 1. The van der Waals surface area contributed by atoms with E-state index in [1.165, 1.54) is 6.42 Å². The first-order valence-electron chi connectivity index (χ1n) is 3.95. The molecule has 0 radical (unpaired) electrons. The molecule has 0 heterocycles. The fourth-order valence-electron chi connectivity index (χ4n) is 1.21. The normalized spacial score (nSPS) is 28.3. The van der Waals surface area contributed by atoms with Crippen LogP contribution in [0.2, 0.25) is 0 Å². The summed E-state index contributed by atoms with van der Waals surface area (Å²) < 4.78 is 0. The maximum absolute atomic E-state index is 11.1. The number of halogens is 1. The van der Waals surface area contributed by atoms with Crippen LogP contribution in [0.1, 0.15) is 13.3 Å². The number of carbonyl (C=O) groups is 1. The third-order valence-corrected chi connectivity index (χ3v) is 2.80. The highest BCUT2D eigenvalue weighted by Crippen LogP contribution is 2.37. The minimum atomic E-state index is 0.184. The van der Waals surface area contributed by atoms with E-state index in [0.717, 1.165) is 18.4 Å². The number of rotatable bonds is 3. The van der Waals surface area contributed by atoms with Gasteiger partial charge in [0.25, 0.3) is 0 Å². The Bertz CT molecular complexity index is 160. The molecule has 1 saturated carbocycles. The van der Waals surface area contributed by atoms with Crippen molar-refractivity contribution in [2.24, 2.45) is 11.8 Å². The third-order valence-electron chi connectivity index (χ3n) is 2.32. The van der Waals surface area contributed by atoms with Crippen LogP contribution in [0.25, 0.3) is 0 Å². The highest BCUT2D eigenvalue weighted by molar-refractivity contribution is 9.09. The molecule has 0 spiro atoms. The lowest BCUT2D eigenvalue weighted by atomic mass is 10.3. The summed E-state index contributed by atoms with van der Waals surface area (Å²) in [5, 5.41) is 0.449. The number of hydrogen-bond donors (Lipinski definition) is 0. The molecule has 3 heteroatoms. The van der Waals surface area contributed by atoms with Gasteiger partial charge in [-0.15, -0.1) is 0 Å². The van der Waals surface area contributed by atoms with Gasteiger partial charge in [0.2, 0.25) is 5.91 Å². The number of carbonyl (C=O) groups excluding carboxylic acids is 1. The summed E-state index contributed by atoms with van der Waals surface area (Å²) in [7, 11) is 1.87. The van der Waals surface area contributed by atoms with Crippen LogP contribution in [-0.4, -0.2) is 29.7 Å². The Labute approximate surface area is 76.1 Å². The van der Waals surface area contributed by atoms with Crippen LogP contribution < -0.4 is 0 Å². The zero-order chi connectivity index (χ0) is 8.43. The molecule has 2 unspecified atom stereocenters. The van der Waals surface area contributed by atoms with Crippen molar-refractivity contribution >= 4 is 21.8 Å². The van der Waals surface area contributed by atoms with Gasteiger partial charge >= 0.3 is 0 Å². The molecular weight excluding hydrogens is 206 g/mol. The van der Waals surface area contributed by atoms with Gasteiger partial charge in [-0.3, -0.25) is 4.79 Å². The summed E-state index contributed by atoms with van der Waals surface area (Å²) in [6.45, 7) is 3.17. The van der Waals surface area contributed by atoms with Crippen molar-refractivity contribution in [3.8, 4) is 0 Å². The monoisotopic (exact) mass is 219 g/mol. The van der Waals surface area contributed by atoms with Gasteiger partial charge in [0.1, 0.15) is 0 Å². The number of nitrogens with zero attached hydrogens (tertiary/aromatic N) is 1. The van der Waals surface area contributed by atoms with Gasteiger partial charge in [0, 0.05) is 13.6 Å². The van der Waals surface area contributed by atoms with E-state index in [0.29, 0.717) is 5.33 Å². The first-order chi connectivity index (χ1) is 5.15. The smallest absolute Gasteiger partial charge is 0.232 e. The molecule has 1 rings (SSSR count). The maximum atomic E-state index is 11.1. The topological polar surface area (TPSA) is 20.3 Å². The van der Waals surface area contributed by atoms with Crippen LogP contribution in [-0.2, 0) is 4.79 Å². The molecule has 2 atom stereocenters. The van der Waals surface area contributed by atoms with Crippen molar-refractivity contribution in [1.82, 2.24) is 4.90 Å². The summed E-state index contributed by atoms with van der Waals surface area (Å²) in [5.41, 5.74) is 0. The zero-order valence-electron chi connectivity index (χ0n) is 7.01. The van der Waals surface area contributed by atoms with Crippen molar-refractivity contribution in [2.45, 2.75) is 13.3 Å². The fraction of sp³-hybridized carbons (Fsp3) is 0.875. The van der Waals surface area contributed by atoms with Crippen LogP contribution in [0, 0.1) is 11.8 Å². The second kappa shape index (κ2) is 3.57. The van der Waals surface area contributed by atoms with Crippen molar-refractivity contribution < 1.29 is 4.79 Å². The second-order valence-corrected chi connectivity index (χ2v) is 3.94. The van der Waals surface area contributed by atoms with Crippen molar-refractivity contribution in [1.29, 1.82) is 0 Å². The minimum Gasteiger partial charge on any atom is -0.345 e. The molecule has 11 heavy (non-hydrogen) atoms. The van der Waals surface area contributed by atoms with Gasteiger partial charge in [-0.1, -0.05) is 22.9 Å². The van der Waals surface area contributed by atoms with E-state index >= 15 is 0 Å². The van der Waals surface area contributed by atoms with E-state index in [1.807, 2.05) is 11.9 Å². The minimum absolute atomic E-state index is 0.184. The highest BCUT2D eigenvalue weighted by atomic mass is 79.9. The Balaban J connectivity index is 2.20. The summed E-state index contributed by atoms with van der Waals surface area (Å²) in [6.07, 6.45) is 1.29. The van der Waals surface area contributed by atoms with E-state index in [9.17, 15) is 4.79 Å². The molecule has 2 nitrogen and oxygen atoms in total. The first kappa shape index (κ1) is 9.04. The summed E-state index contributed by atoms with van der Waals surface area (Å²) in [5.74, 6) is 1.78. The van der Waals surface area contributed by atoms with Crippen LogP contribution >= 0.6 is 15.9 Å². The number of amides is 1. The molecule has 1 amide bonds. The summed E-state index contributed by atoms with van der Waals surface area (Å²) >= 11 is 3.15. The quantitative estimate of drug-likeness (QED) is 0.660. The Morgan fingerprint density at radius 2 is 2.27 bits per heavy atom. The molecule has 0 aromatic carbocycles. The van der Waals surface area contributed by atoms with Crippen LogP contribution in [0.4, 0.5) is 0 Å². The van der Waals surface area contributed by atoms with Crippen molar-refractivity contribution in [3.05, 3.63) is 0 Å². The molecule has 0 saturated heterocycles. The van der Waals surface area contributed by atoms with Crippen LogP contribution in [0.5, 0.6) is 0 Å². The molecule has 1 fully saturated rings. The first-order valence-corrected chi connectivity index (χ1v) is 5.07. The highest BCUT2D eigenvalue weighted by Gasteiger charge is 2.33. The molecule has 64 valence electrons. The molecule has 0 N–H and O–H groups in total. The lowest BCUT2D eigenvalue weighted by Gasteiger charge is -2.14. The SMILES string of the molecule is CC1CC1CN(C)C(=O)CBr. The van der Waals surface area contributed by atoms with E-state index in [4.69, 9.17) is 0 Å². The molecule has 0 aliphatic heterocycles. The largest absolute Gasteiger partial charge is 0.345 e. The molecule has 1 aliphatic carbocycles. The van der Waals surface area contributed by atoms with E-state index in [2.05, 4.69) is 22.9 Å². The average molecular weight is 220 g/mol. The molecule has 0 bridgehead atoms.